The van der Waals surface area contributed by atoms with Crippen molar-refractivity contribution in [2.45, 2.75) is 372 Å². The summed E-state index contributed by atoms with van der Waals surface area (Å²) in [6.07, 6.45) is 77.3. The molecule has 11 heteroatoms. The number of esters is 1. The van der Waals surface area contributed by atoms with Gasteiger partial charge in [0.2, 0.25) is 5.91 Å². The molecule has 0 spiro atoms. The fraction of sp³-hybridized carbons (Fsp3) is 0.769. The minimum atomic E-state index is -1.63. The standard InChI is InChI=1S/C78H137NO10/c1-4-7-10-13-16-19-22-25-27-29-31-33-35-37-38-40-42-44-47-50-53-56-59-62-65-71(82)77(86)79-69(70(81)64-61-58-55-52-49-46-24-21-18-15-12-9-6-3)68-87-78-76(75(85)74(84)72(67-80)88-78)89-73(83)66-63-60-57-54-51-48-45-43-41-39-36-34-32-30-28-26-23-20-17-14-11-8-5-2/h8,11,17,20,25-28,32,34,39,41,45,48,61,64,69-72,74-76,78,80-82,84-85H,4-7,9-10,12-16,18-19,21-24,29-31,33,35-38,40,42-44,46-47,49-60,62-63,65-68H2,1-3H3,(H,79,86)/b11-8-,20-17-,27-25+,28-26-,34-32-,41-39-,48-45-,64-61+. The number of ether oxygens (including phenoxy) is 3. The Bertz CT molecular complexity index is 1820. The second-order valence-electron chi connectivity index (χ2n) is 25.3. The highest BCUT2D eigenvalue weighted by Crippen LogP contribution is 2.26. The van der Waals surface area contributed by atoms with Gasteiger partial charge in [-0.3, -0.25) is 9.59 Å². The van der Waals surface area contributed by atoms with E-state index in [0.29, 0.717) is 12.8 Å². The van der Waals surface area contributed by atoms with Gasteiger partial charge in [-0.15, -0.1) is 0 Å². The first-order chi connectivity index (χ1) is 43.7. The Labute approximate surface area is 546 Å². The first-order valence-electron chi connectivity index (χ1n) is 37.0. The zero-order valence-corrected chi connectivity index (χ0v) is 57.3. The van der Waals surface area contributed by atoms with Crippen molar-refractivity contribution in [3.63, 3.8) is 0 Å². The van der Waals surface area contributed by atoms with Crippen LogP contribution in [-0.4, -0.2) is 99.6 Å². The first-order valence-corrected chi connectivity index (χ1v) is 37.0. The smallest absolute Gasteiger partial charge is 0.306 e. The van der Waals surface area contributed by atoms with Crippen molar-refractivity contribution in [1.29, 1.82) is 0 Å². The molecule has 6 N–H and O–H groups in total. The molecule has 0 aromatic carbocycles. The van der Waals surface area contributed by atoms with Crippen LogP contribution in [0, 0.1) is 0 Å². The molecular weight excluding hydrogens is 1110 g/mol. The van der Waals surface area contributed by atoms with Crippen LogP contribution in [0.5, 0.6) is 0 Å². The van der Waals surface area contributed by atoms with Crippen LogP contribution in [-0.2, 0) is 23.8 Å². The number of rotatable bonds is 63. The highest BCUT2D eigenvalue weighted by molar-refractivity contribution is 5.80. The summed E-state index contributed by atoms with van der Waals surface area (Å²) in [7, 11) is 0. The Balaban J connectivity index is 2.59. The monoisotopic (exact) mass is 1250 g/mol. The molecule has 514 valence electrons. The molecule has 1 saturated heterocycles. The van der Waals surface area contributed by atoms with Gasteiger partial charge in [0.05, 0.1) is 25.4 Å². The van der Waals surface area contributed by atoms with Crippen LogP contribution in [0.2, 0.25) is 0 Å². The SMILES string of the molecule is CC/C=C\C/C=C\C/C=C\C/C=C\C/C=C\C/C=C\CCCCCCC(=O)OC1C(OCC(NC(=O)C(O)CCCCCCCCCCCCCCCC/C=C/CCCCCCCC)C(O)/C=C/CCCCCCCCCCCCC)OC(CO)C(O)C1O. The molecule has 11 nitrogen and oxygen atoms in total. The highest BCUT2D eigenvalue weighted by atomic mass is 16.7. The van der Waals surface area contributed by atoms with Gasteiger partial charge in [-0.2, -0.15) is 0 Å². The number of hydrogen-bond donors (Lipinski definition) is 6. The second kappa shape index (κ2) is 64.7. The van der Waals surface area contributed by atoms with Gasteiger partial charge in [-0.05, 0) is 103 Å². The van der Waals surface area contributed by atoms with Crippen molar-refractivity contribution in [1.82, 2.24) is 5.32 Å². The van der Waals surface area contributed by atoms with E-state index in [1.807, 2.05) is 6.08 Å². The lowest BCUT2D eigenvalue weighted by Crippen LogP contribution is -2.61. The van der Waals surface area contributed by atoms with Gasteiger partial charge in [0.1, 0.15) is 24.4 Å². The summed E-state index contributed by atoms with van der Waals surface area (Å²) in [4.78, 5) is 26.7. The molecule has 1 aliphatic rings. The Hall–Kier alpha value is -3.42. The van der Waals surface area contributed by atoms with Crippen LogP contribution in [0.3, 0.4) is 0 Å². The second-order valence-corrected chi connectivity index (χ2v) is 25.3. The van der Waals surface area contributed by atoms with E-state index in [0.717, 1.165) is 103 Å². The topological polar surface area (TPSA) is 175 Å². The van der Waals surface area contributed by atoms with E-state index in [2.05, 4.69) is 111 Å². The summed E-state index contributed by atoms with van der Waals surface area (Å²) in [5.41, 5.74) is 0. The van der Waals surface area contributed by atoms with Gasteiger partial charge in [0.15, 0.2) is 12.4 Å². The molecule has 0 radical (unpaired) electrons. The van der Waals surface area contributed by atoms with Crippen LogP contribution in [0.25, 0.3) is 0 Å². The summed E-state index contributed by atoms with van der Waals surface area (Å²) >= 11 is 0. The summed E-state index contributed by atoms with van der Waals surface area (Å²) in [6, 6.07) is -1.04. The van der Waals surface area contributed by atoms with E-state index >= 15 is 0 Å². The quantitative estimate of drug-likeness (QED) is 0.0195. The molecule has 1 fully saturated rings. The average Bonchev–Trinajstić information content (AvgIpc) is 3.20. The summed E-state index contributed by atoms with van der Waals surface area (Å²) in [6.45, 7) is 5.70. The van der Waals surface area contributed by atoms with Crippen LogP contribution < -0.4 is 5.32 Å². The normalized spacial score (nSPS) is 18.7. The largest absolute Gasteiger partial charge is 0.454 e. The Morgan fingerprint density at radius 3 is 1.22 bits per heavy atom. The van der Waals surface area contributed by atoms with E-state index in [-0.39, 0.29) is 19.4 Å². The number of aliphatic hydroxyl groups excluding tert-OH is 5. The van der Waals surface area contributed by atoms with Crippen LogP contribution in [0.4, 0.5) is 0 Å². The van der Waals surface area contributed by atoms with Crippen molar-refractivity contribution in [3.05, 3.63) is 97.2 Å². The molecule has 0 aromatic heterocycles. The lowest BCUT2D eigenvalue weighted by molar-refractivity contribution is -0.305. The Kier molecular flexibility index (Phi) is 60.7. The average molecular weight is 1250 g/mol. The molecule has 89 heavy (non-hydrogen) atoms. The van der Waals surface area contributed by atoms with Gasteiger partial charge in [-0.25, -0.2) is 0 Å². The van der Waals surface area contributed by atoms with Gasteiger partial charge in [0, 0.05) is 6.42 Å². The van der Waals surface area contributed by atoms with E-state index < -0.39 is 67.4 Å². The maximum atomic E-state index is 13.5. The number of unbranched alkanes of at least 4 members (excludes halogenated alkanes) is 35. The van der Waals surface area contributed by atoms with Crippen molar-refractivity contribution in [2.75, 3.05) is 13.2 Å². The predicted octanol–water partition coefficient (Wildman–Crippen LogP) is 19.4. The molecule has 0 aromatic rings. The maximum absolute atomic E-state index is 13.5. The predicted molar refractivity (Wildman–Crippen MR) is 375 cm³/mol. The van der Waals surface area contributed by atoms with Crippen molar-refractivity contribution < 1.29 is 49.3 Å². The molecule has 0 aliphatic carbocycles. The summed E-state index contributed by atoms with van der Waals surface area (Å²) in [5, 5.41) is 57.3. The number of hydrogen-bond acceptors (Lipinski definition) is 10. The van der Waals surface area contributed by atoms with Gasteiger partial charge in [0.25, 0.3) is 0 Å². The number of carbonyl (C=O) groups excluding carboxylic acids is 2. The van der Waals surface area contributed by atoms with Gasteiger partial charge >= 0.3 is 5.97 Å². The number of nitrogens with one attached hydrogen (secondary N) is 1. The number of aliphatic hydroxyl groups is 5. The fourth-order valence-corrected chi connectivity index (χ4v) is 11.2. The van der Waals surface area contributed by atoms with Crippen LogP contribution in [0.1, 0.15) is 323 Å². The number of amides is 1. The van der Waals surface area contributed by atoms with Gasteiger partial charge in [-0.1, -0.05) is 311 Å². The molecule has 8 atom stereocenters. The third kappa shape index (κ3) is 51.7. The van der Waals surface area contributed by atoms with Crippen LogP contribution in [0.15, 0.2) is 97.2 Å². The minimum absolute atomic E-state index is 0.0902. The van der Waals surface area contributed by atoms with E-state index in [4.69, 9.17) is 14.2 Å². The molecular formula is C78H137NO10. The highest BCUT2D eigenvalue weighted by Gasteiger charge is 2.47. The fourth-order valence-electron chi connectivity index (χ4n) is 11.2. The first kappa shape index (κ1) is 83.6. The minimum Gasteiger partial charge on any atom is -0.454 e. The zero-order valence-electron chi connectivity index (χ0n) is 57.3. The molecule has 0 bridgehead atoms. The van der Waals surface area contributed by atoms with E-state index in [1.54, 1.807) is 6.08 Å². The van der Waals surface area contributed by atoms with Gasteiger partial charge < -0.3 is 45.1 Å². The van der Waals surface area contributed by atoms with Crippen molar-refractivity contribution in [2.24, 2.45) is 0 Å². The molecule has 1 rings (SSSR count). The van der Waals surface area contributed by atoms with Crippen LogP contribution >= 0.6 is 0 Å². The third-order valence-electron chi connectivity index (χ3n) is 17.0. The summed E-state index contributed by atoms with van der Waals surface area (Å²) < 4.78 is 17.7. The van der Waals surface area contributed by atoms with E-state index in [9.17, 15) is 35.1 Å². The molecule has 1 amide bonds. The molecule has 1 aliphatic heterocycles. The molecule has 0 saturated carbocycles. The maximum Gasteiger partial charge on any atom is 0.306 e. The number of allylic oxidation sites excluding steroid dienone is 15. The Morgan fingerprint density at radius 2 is 0.809 bits per heavy atom. The lowest BCUT2D eigenvalue weighted by Gasteiger charge is -2.41. The zero-order chi connectivity index (χ0) is 64.6. The molecule has 1 heterocycles. The number of carbonyl (C=O) groups is 2. The van der Waals surface area contributed by atoms with E-state index in [1.165, 1.54) is 173 Å². The van der Waals surface area contributed by atoms with Crippen molar-refractivity contribution >= 4 is 11.9 Å². The third-order valence-corrected chi connectivity index (χ3v) is 17.0. The molecule has 8 unspecified atom stereocenters. The van der Waals surface area contributed by atoms with Crippen molar-refractivity contribution in [3.8, 4) is 0 Å². The summed E-state index contributed by atoms with van der Waals surface area (Å²) in [5.74, 6) is -1.22. The lowest BCUT2D eigenvalue weighted by atomic mass is 9.99. The Morgan fingerprint density at radius 1 is 0.449 bits per heavy atom.